The molecular formula is C18H16N6OS. The Morgan fingerprint density at radius 1 is 1.27 bits per heavy atom. The summed E-state index contributed by atoms with van der Waals surface area (Å²) in [6.07, 6.45) is 0. The van der Waals surface area contributed by atoms with E-state index >= 15 is 0 Å². The second-order valence-electron chi connectivity index (χ2n) is 5.66. The first kappa shape index (κ1) is 17.6. The SMILES string of the molecule is Cc1ccc(-n2nnnc2SCC(=O)Nc2ccccc2C#N)c(C)c1. The molecule has 130 valence electrons. The van der Waals surface area contributed by atoms with Gasteiger partial charge in [0.2, 0.25) is 11.1 Å². The van der Waals surface area contributed by atoms with Crippen LogP contribution < -0.4 is 5.32 Å². The van der Waals surface area contributed by atoms with E-state index in [4.69, 9.17) is 5.26 Å². The lowest BCUT2D eigenvalue weighted by Crippen LogP contribution is -2.15. The van der Waals surface area contributed by atoms with Crippen LogP contribution in [-0.2, 0) is 4.79 Å². The summed E-state index contributed by atoms with van der Waals surface area (Å²) in [5.74, 6) is -0.0988. The maximum absolute atomic E-state index is 12.2. The molecule has 0 aliphatic rings. The van der Waals surface area contributed by atoms with E-state index in [9.17, 15) is 4.79 Å². The van der Waals surface area contributed by atoms with Crippen molar-refractivity contribution >= 4 is 23.4 Å². The molecule has 3 aromatic rings. The third kappa shape index (κ3) is 3.90. The maximum atomic E-state index is 12.2. The van der Waals surface area contributed by atoms with Crippen LogP contribution in [0.25, 0.3) is 5.69 Å². The molecule has 0 aliphatic carbocycles. The van der Waals surface area contributed by atoms with Crippen LogP contribution >= 0.6 is 11.8 Å². The molecule has 1 aromatic heterocycles. The zero-order valence-corrected chi connectivity index (χ0v) is 15.1. The number of aryl methyl sites for hydroxylation is 2. The van der Waals surface area contributed by atoms with Gasteiger partial charge in [0.1, 0.15) is 6.07 Å². The normalized spacial score (nSPS) is 10.3. The Labute approximate surface area is 155 Å². The van der Waals surface area contributed by atoms with E-state index in [0.29, 0.717) is 16.4 Å². The van der Waals surface area contributed by atoms with Gasteiger partial charge in [0.05, 0.1) is 22.7 Å². The minimum absolute atomic E-state index is 0.130. The van der Waals surface area contributed by atoms with Gasteiger partial charge >= 0.3 is 0 Å². The molecule has 0 fully saturated rings. The monoisotopic (exact) mass is 364 g/mol. The molecule has 0 unspecified atom stereocenters. The average molecular weight is 364 g/mol. The van der Waals surface area contributed by atoms with E-state index in [0.717, 1.165) is 16.8 Å². The van der Waals surface area contributed by atoms with E-state index in [1.807, 2.05) is 26.0 Å². The number of benzene rings is 2. The Hall–Kier alpha value is -3.18. The summed E-state index contributed by atoms with van der Waals surface area (Å²) in [5, 5.41) is 24.1. The van der Waals surface area contributed by atoms with E-state index in [1.54, 1.807) is 28.9 Å². The van der Waals surface area contributed by atoms with Crippen LogP contribution in [0.1, 0.15) is 16.7 Å². The Bertz CT molecular complexity index is 991. The molecule has 0 saturated heterocycles. The fraction of sp³-hybridized carbons (Fsp3) is 0.167. The van der Waals surface area contributed by atoms with Gasteiger partial charge in [0.25, 0.3) is 0 Å². The zero-order chi connectivity index (χ0) is 18.5. The highest BCUT2D eigenvalue weighted by atomic mass is 32.2. The molecule has 1 heterocycles. The van der Waals surface area contributed by atoms with Gasteiger partial charge < -0.3 is 5.32 Å². The molecule has 1 N–H and O–H groups in total. The van der Waals surface area contributed by atoms with Crippen LogP contribution in [0.2, 0.25) is 0 Å². The lowest BCUT2D eigenvalue weighted by Gasteiger charge is -2.09. The molecule has 2 aromatic carbocycles. The van der Waals surface area contributed by atoms with Crippen molar-refractivity contribution in [3.8, 4) is 11.8 Å². The predicted molar refractivity (Wildman–Crippen MR) is 99.1 cm³/mol. The van der Waals surface area contributed by atoms with Crippen molar-refractivity contribution in [2.45, 2.75) is 19.0 Å². The number of carbonyl (C=O) groups excluding carboxylic acids is 1. The van der Waals surface area contributed by atoms with E-state index in [1.165, 1.54) is 11.8 Å². The summed E-state index contributed by atoms with van der Waals surface area (Å²) in [6.45, 7) is 4.01. The van der Waals surface area contributed by atoms with Crippen molar-refractivity contribution in [2.75, 3.05) is 11.1 Å². The van der Waals surface area contributed by atoms with Gasteiger partial charge in [-0.15, -0.1) is 5.10 Å². The Morgan fingerprint density at radius 3 is 2.85 bits per heavy atom. The summed E-state index contributed by atoms with van der Waals surface area (Å²) in [4.78, 5) is 12.2. The van der Waals surface area contributed by atoms with Gasteiger partial charge in [-0.3, -0.25) is 4.79 Å². The van der Waals surface area contributed by atoms with Gasteiger partial charge in [0, 0.05) is 0 Å². The van der Waals surface area contributed by atoms with E-state index in [-0.39, 0.29) is 11.7 Å². The lowest BCUT2D eigenvalue weighted by molar-refractivity contribution is -0.113. The van der Waals surface area contributed by atoms with Crippen LogP contribution in [0.3, 0.4) is 0 Å². The molecule has 7 nitrogen and oxygen atoms in total. The Kier molecular flexibility index (Phi) is 5.29. The maximum Gasteiger partial charge on any atom is 0.234 e. The summed E-state index contributed by atoms with van der Waals surface area (Å²) >= 11 is 1.23. The fourth-order valence-electron chi connectivity index (χ4n) is 2.47. The lowest BCUT2D eigenvalue weighted by atomic mass is 10.1. The van der Waals surface area contributed by atoms with Gasteiger partial charge in [-0.2, -0.15) is 9.94 Å². The number of rotatable bonds is 5. The number of hydrogen-bond donors (Lipinski definition) is 1. The second kappa shape index (κ2) is 7.80. The van der Waals surface area contributed by atoms with Crippen LogP contribution in [0, 0.1) is 25.2 Å². The van der Waals surface area contributed by atoms with Gasteiger partial charge in [0.15, 0.2) is 0 Å². The summed E-state index contributed by atoms with van der Waals surface area (Å²) < 4.78 is 1.62. The predicted octanol–water partition coefficient (Wildman–Crippen LogP) is 2.88. The minimum Gasteiger partial charge on any atom is -0.324 e. The molecule has 1 amide bonds. The highest BCUT2D eigenvalue weighted by molar-refractivity contribution is 7.99. The third-order valence-electron chi connectivity index (χ3n) is 3.68. The van der Waals surface area contributed by atoms with Crippen LogP contribution in [0.5, 0.6) is 0 Å². The Balaban J connectivity index is 1.70. The van der Waals surface area contributed by atoms with Crippen molar-refractivity contribution < 1.29 is 4.79 Å². The topological polar surface area (TPSA) is 96.5 Å². The number of nitrogens with zero attached hydrogens (tertiary/aromatic N) is 5. The smallest absolute Gasteiger partial charge is 0.234 e. The summed E-state index contributed by atoms with van der Waals surface area (Å²) in [7, 11) is 0. The highest BCUT2D eigenvalue weighted by Gasteiger charge is 2.14. The van der Waals surface area contributed by atoms with Crippen molar-refractivity contribution in [1.29, 1.82) is 5.26 Å². The number of amides is 1. The number of carbonyl (C=O) groups is 1. The number of aromatic nitrogens is 4. The van der Waals surface area contributed by atoms with Crippen molar-refractivity contribution in [2.24, 2.45) is 0 Å². The first-order chi connectivity index (χ1) is 12.6. The standard InChI is InChI=1S/C18H16N6OS/c1-12-7-8-16(13(2)9-12)24-18(21-22-23-24)26-11-17(25)20-15-6-4-3-5-14(15)10-19/h3-9H,11H2,1-2H3,(H,20,25). The number of nitrogens with one attached hydrogen (secondary N) is 1. The van der Waals surface area contributed by atoms with Crippen LogP contribution in [0.4, 0.5) is 5.69 Å². The molecule has 3 rings (SSSR count). The number of anilines is 1. The molecule has 0 spiro atoms. The third-order valence-corrected chi connectivity index (χ3v) is 4.59. The number of para-hydroxylation sites is 1. The van der Waals surface area contributed by atoms with Gasteiger partial charge in [-0.05, 0) is 48.0 Å². The highest BCUT2D eigenvalue weighted by Crippen LogP contribution is 2.22. The van der Waals surface area contributed by atoms with Gasteiger partial charge in [-0.1, -0.05) is 41.6 Å². The molecule has 8 heteroatoms. The summed E-state index contributed by atoms with van der Waals surface area (Å²) in [6, 6.07) is 14.9. The average Bonchev–Trinajstić information content (AvgIpc) is 3.09. The zero-order valence-electron chi connectivity index (χ0n) is 14.3. The first-order valence-corrected chi connectivity index (χ1v) is 8.85. The molecule has 0 saturated carbocycles. The van der Waals surface area contributed by atoms with Crippen molar-refractivity contribution in [3.63, 3.8) is 0 Å². The fourth-order valence-corrected chi connectivity index (χ4v) is 3.15. The van der Waals surface area contributed by atoms with E-state index < -0.39 is 0 Å². The quantitative estimate of drug-likeness (QED) is 0.699. The Morgan fingerprint density at radius 2 is 2.08 bits per heavy atom. The van der Waals surface area contributed by atoms with E-state index in [2.05, 4.69) is 33.0 Å². The molecule has 0 radical (unpaired) electrons. The molecule has 0 aliphatic heterocycles. The second-order valence-corrected chi connectivity index (χ2v) is 6.60. The number of nitriles is 1. The van der Waals surface area contributed by atoms with Crippen LogP contribution in [0.15, 0.2) is 47.6 Å². The molecule has 0 atom stereocenters. The summed E-state index contributed by atoms with van der Waals surface area (Å²) in [5.41, 5.74) is 3.99. The van der Waals surface area contributed by atoms with Gasteiger partial charge in [-0.25, -0.2) is 0 Å². The van der Waals surface area contributed by atoms with Crippen molar-refractivity contribution in [1.82, 2.24) is 20.2 Å². The molecule has 26 heavy (non-hydrogen) atoms. The molecular weight excluding hydrogens is 348 g/mol. The number of hydrogen-bond acceptors (Lipinski definition) is 6. The van der Waals surface area contributed by atoms with Crippen molar-refractivity contribution in [3.05, 3.63) is 59.2 Å². The number of tetrazole rings is 1. The molecule has 0 bridgehead atoms. The minimum atomic E-state index is -0.229. The van der Waals surface area contributed by atoms with Crippen LogP contribution in [-0.4, -0.2) is 31.9 Å². The first-order valence-electron chi connectivity index (χ1n) is 7.86. The number of thioether (sulfide) groups is 1. The largest absolute Gasteiger partial charge is 0.324 e.